The molecule has 24 heavy (non-hydrogen) atoms. The predicted octanol–water partition coefficient (Wildman–Crippen LogP) is 4.61. The number of unbranched alkanes of at least 4 members (excludes halogenated alkanes) is 2. The molecule has 5 heteroatoms. The Morgan fingerprint density at radius 2 is 1.58 bits per heavy atom. The molecule has 0 aliphatic heterocycles. The topological polar surface area (TPSA) is 61.8 Å². The van der Waals surface area contributed by atoms with Gasteiger partial charge >= 0.3 is 12.1 Å². The molecule has 126 valence electrons. The molecule has 0 unspecified atom stereocenters. The third-order valence-corrected chi connectivity index (χ3v) is 3.22. The maximum absolute atomic E-state index is 12.3. The SMILES string of the molecule is CCCCCOC(=O)Oc1ccccc1C(=O)Oc1ccccc1. The summed E-state index contributed by atoms with van der Waals surface area (Å²) in [6.07, 6.45) is 1.97. The molecule has 0 fully saturated rings. The summed E-state index contributed by atoms with van der Waals surface area (Å²) in [7, 11) is 0. The van der Waals surface area contributed by atoms with E-state index in [9.17, 15) is 9.59 Å². The summed E-state index contributed by atoms with van der Waals surface area (Å²) in [4.78, 5) is 24.0. The fourth-order valence-electron chi connectivity index (χ4n) is 2.00. The van der Waals surface area contributed by atoms with E-state index in [4.69, 9.17) is 14.2 Å². The van der Waals surface area contributed by atoms with Gasteiger partial charge in [-0.2, -0.15) is 0 Å². The van der Waals surface area contributed by atoms with Crippen LogP contribution < -0.4 is 9.47 Å². The molecule has 0 radical (unpaired) electrons. The van der Waals surface area contributed by atoms with Gasteiger partial charge < -0.3 is 14.2 Å². The highest BCUT2D eigenvalue weighted by Gasteiger charge is 2.17. The van der Waals surface area contributed by atoms with Gasteiger partial charge in [0.05, 0.1) is 6.61 Å². The van der Waals surface area contributed by atoms with Crippen molar-refractivity contribution in [1.82, 2.24) is 0 Å². The van der Waals surface area contributed by atoms with Gasteiger partial charge in [0.2, 0.25) is 0 Å². The summed E-state index contributed by atoms with van der Waals surface area (Å²) in [5.41, 5.74) is 0.159. The Bertz CT molecular complexity index is 666. The highest BCUT2D eigenvalue weighted by Crippen LogP contribution is 2.21. The zero-order valence-corrected chi connectivity index (χ0v) is 13.6. The number of carbonyl (C=O) groups excluding carboxylic acids is 2. The van der Waals surface area contributed by atoms with Crippen molar-refractivity contribution in [2.75, 3.05) is 6.61 Å². The second kappa shape index (κ2) is 9.35. The standard InChI is InChI=1S/C19H20O5/c1-2-3-9-14-22-19(21)24-17-13-8-7-12-16(17)18(20)23-15-10-5-4-6-11-15/h4-8,10-13H,2-3,9,14H2,1H3. The molecule has 2 aromatic rings. The quantitative estimate of drug-likeness (QED) is 0.321. The number of carbonyl (C=O) groups is 2. The van der Waals surface area contributed by atoms with E-state index in [0.717, 1.165) is 19.3 Å². The fraction of sp³-hybridized carbons (Fsp3) is 0.263. The van der Waals surface area contributed by atoms with Crippen LogP contribution in [0.3, 0.4) is 0 Å². The van der Waals surface area contributed by atoms with Crippen LogP contribution in [0.5, 0.6) is 11.5 Å². The van der Waals surface area contributed by atoms with Crippen LogP contribution in [0, 0.1) is 0 Å². The fourth-order valence-corrected chi connectivity index (χ4v) is 2.00. The van der Waals surface area contributed by atoms with Gasteiger partial charge in [-0.15, -0.1) is 0 Å². The van der Waals surface area contributed by atoms with Gasteiger partial charge in [-0.25, -0.2) is 9.59 Å². The first kappa shape index (κ1) is 17.5. The lowest BCUT2D eigenvalue weighted by Gasteiger charge is -2.10. The molecule has 2 rings (SSSR count). The molecule has 0 saturated heterocycles. The first-order valence-electron chi connectivity index (χ1n) is 7.91. The van der Waals surface area contributed by atoms with Crippen LogP contribution in [0.4, 0.5) is 4.79 Å². The minimum absolute atomic E-state index is 0.110. The van der Waals surface area contributed by atoms with Gasteiger partial charge in [-0.3, -0.25) is 0 Å². The lowest BCUT2D eigenvalue weighted by Crippen LogP contribution is -2.15. The van der Waals surface area contributed by atoms with Crippen LogP contribution in [0.2, 0.25) is 0 Å². The van der Waals surface area contributed by atoms with Crippen LogP contribution in [0.25, 0.3) is 0 Å². The van der Waals surface area contributed by atoms with E-state index in [-0.39, 0.29) is 11.3 Å². The Labute approximate surface area is 141 Å². The van der Waals surface area contributed by atoms with Gasteiger partial charge in [0.1, 0.15) is 17.1 Å². The number of esters is 1. The Morgan fingerprint density at radius 3 is 2.33 bits per heavy atom. The Kier molecular flexibility index (Phi) is 6.83. The number of para-hydroxylation sites is 2. The summed E-state index contributed by atoms with van der Waals surface area (Å²) in [5, 5.41) is 0. The minimum Gasteiger partial charge on any atom is -0.434 e. The zero-order chi connectivity index (χ0) is 17.2. The van der Waals surface area contributed by atoms with E-state index in [1.165, 1.54) is 12.1 Å². The van der Waals surface area contributed by atoms with Crippen LogP contribution in [0.15, 0.2) is 54.6 Å². The van der Waals surface area contributed by atoms with Gasteiger partial charge in [-0.1, -0.05) is 50.1 Å². The Morgan fingerprint density at radius 1 is 0.875 bits per heavy atom. The van der Waals surface area contributed by atoms with Crippen molar-refractivity contribution in [3.63, 3.8) is 0 Å². The van der Waals surface area contributed by atoms with Crippen LogP contribution >= 0.6 is 0 Å². The third kappa shape index (κ3) is 5.43. The lowest BCUT2D eigenvalue weighted by molar-refractivity contribution is 0.0726. The van der Waals surface area contributed by atoms with Crippen molar-refractivity contribution in [2.45, 2.75) is 26.2 Å². The maximum Gasteiger partial charge on any atom is 0.513 e. The monoisotopic (exact) mass is 328 g/mol. The summed E-state index contributed by atoms with van der Waals surface area (Å²) in [6.45, 7) is 2.36. The zero-order valence-electron chi connectivity index (χ0n) is 13.6. The van der Waals surface area contributed by atoms with E-state index in [2.05, 4.69) is 6.92 Å². The molecule has 0 heterocycles. The Hall–Kier alpha value is -2.82. The first-order chi connectivity index (χ1) is 11.7. The van der Waals surface area contributed by atoms with Crippen molar-refractivity contribution in [3.05, 3.63) is 60.2 Å². The highest BCUT2D eigenvalue weighted by atomic mass is 16.7. The molecule has 5 nitrogen and oxygen atoms in total. The minimum atomic E-state index is -0.828. The van der Waals surface area contributed by atoms with Crippen molar-refractivity contribution in [3.8, 4) is 11.5 Å². The van der Waals surface area contributed by atoms with Gasteiger partial charge in [0, 0.05) is 0 Å². The summed E-state index contributed by atoms with van der Waals surface area (Å²) in [5.74, 6) is -0.0750. The predicted molar refractivity (Wildman–Crippen MR) is 89.3 cm³/mol. The number of hydrogen-bond donors (Lipinski definition) is 0. The summed E-state index contributed by atoms with van der Waals surface area (Å²) >= 11 is 0. The molecule has 0 atom stereocenters. The number of hydrogen-bond acceptors (Lipinski definition) is 5. The van der Waals surface area contributed by atoms with Crippen molar-refractivity contribution >= 4 is 12.1 Å². The normalized spacial score (nSPS) is 10.0. The molecule has 0 saturated carbocycles. The van der Waals surface area contributed by atoms with E-state index in [1.807, 2.05) is 6.07 Å². The average molecular weight is 328 g/mol. The molecule has 0 amide bonds. The molecule has 0 aromatic heterocycles. The van der Waals surface area contributed by atoms with Gasteiger partial charge in [0.15, 0.2) is 0 Å². The maximum atomic E-state index is 12.3. The smallest absolute Gasteiger partial charge is 0.434 e. The molecule has 0 N–H and O–H groups in total. The highest BCUT2D eigenvalue weighted by molar-refractivity contribution is 5.94. The van der Waals surface area contributed by atoms with Crippen LogP contribution in [-0.4, -0.2) is 18.7 Å². The molecular formula is C19H20O5. The van der Waals surface area contributed by atoms with Crippen molar-refractivity contribution in [1.29, 1.82) is 0 Å². The van der Waals surface area contributed by atoms with Gasteiger partial charge in [0.25, 0.3) is 0 Å². The second-order valence-corrected chi connectivity index (χ2v) is 5.11. The number of ether oxygens (including phenoxy) is 3. The van der Waals surface area contributed by atoms with E-state index >= 15 is 0 Å². The van der Waals surface area contributed by atoms with E-state index < -0.39 is 12.1 Å². The first-order valence-corrected chi connectivity index (χ1v) is 7.91. The second-order valence-electron chi connectivity index (χ2n) is 5.11. The molecule has 2 aromatic carbocycles. The van der Waals surface area contributed by atoms with Crippen molar-refractivity contribution in [2.24, 2.45) is 0 Å². The van der Waals surface area contributed by atoms with E-state index in [1.54, 1.807) is 36.4 Å². The lowest BCUT2D eigenvalue weighted by atomic mass is 10.2. The number of benzene rings is 2. The number of rotatable bonds is 7. The van der Waals surface area contributed by atoms with Crippen molar-refractivity contribution < 1.29 is 23.8 Å². The average Bonchev–Trinajstić information content (AvgIpc) is 2.60. The van der Waals surface area contributed by atoms with Crippen LogP contribution in [-0.2, 0) is 4.74 Å². The molecule has 0 aliphatic rings. The molecule has 0 bridgehead atoms. The molecule has 0 spiro atoms. The molecular weight excluding hydrogens is 308 g/mol. The largest absolute Gasteiger partial charge is 0.513 e. The van der Waals surface area contributed by atoms with E-state index in [0.29, 0.717) is 12.4 Å². The molecule has 0 aliphatic carbocycles. The summed E-state index contributed by atoms with van der Waals surface area (Å²) < 4.78 is 15.4. The third-order valence-electron chi connectivity index (χ3n) is 3.22. The Balaban J connectivity index is 1.99. The summed E-state index contributed by atoms with van der Waals surface area (Å²) in [6, 6.07) is 15.1. The van der Waals surface area contributed by atoms with Crippen LogP contribution in [0.1, 0.15) is 36.5 Å². The van der Waals surface area contributed by atoms with Gasteiger partial charge in [-0.05, 0) is 30.7 Å².